The Labute approximate surface area is 127 Å². The SMILES string of the molecule is CCCCN(C)C(=O)CCc1cc(N)c(OC)cc1OC. The highest BCUT2D eigenvalue weighted by Gasteiger charge is 2.13. The van der Waals surface area contributed by atoms with Crippen molar-refractivity contribution in [2.45, 2.75) is 32.6 Å². The van der Waals surface area contributed by atoms with Crippen LogP contribution in [0.1, 0.15) is 31.7 Å². The van der Waals surface area contributed by atoms with E-state index in [9.17, 15) is 4.79 Å². The van der Waals surface area contributed by atoms with Crippen LogP contribution in [0.4, 0.5) is 5.69 Å². The van der Waals surface area contributed by atoms with Crippen LogP contribution in [0, 0.1) is 0 Å². The normalized spacial score (nSPS) is 10.3. The van der Waals surface area contributed by atoms with Gasteiger partial charge < -0.3 is 20.1 Å². The van der Waals surface area contributed by atoms with E-state index in [0.29, 0.717) is 30.0 Å². The van der Waals surface area contributed by atoms with Gasteiger partial charge >= 0.3 is 0 Å². The van der Waals surface area contributed by atoms with E-state index in [1.165, 1.54) is 0 Å². The van der Waals surface area contributed by atoms with Crippen LogP contribution in [0.25, 0.3) is 0 Å². The summed E-state index contributed by atoms with van der Waals surface area (Å²) in [4.78, 5) is 13.8. The Bertz CT molecular complexity index is 475. The number of amides is 1. The number of aryl methyl sites for hydroxylation is 1. The number of nitrogens with two attached hydrogens (primary N) is 1. The molecular weight excluding hydrogens is 268 g/mol. The highest BCUT2D eigenvalue weighted by atomic mass is 16.5. The maximum absolute atomic E-state index is 12.1. The fourth-order valence-electron chi connectivity index (χ4n) is 2.14. The summed E-state index contributed by atoms with van der Waals surface area (Å²) in [5.74, 6) is 1.42. The van der Waals surface area contributed by atoms with Gasteiger partial charge in [-0.3, -0.25) is 4.79 Å². The molecule has 1 rings (SSSR count). The number of carbonyl (C=O) groups is 1. The van der Waals surface area contributed by atoms with Gasteiger partial charge in [0.05, 0.1) is 19.9 Å². The Morgan fingerprint density at radius 3 is 2.48 bits per heavy atom. The average Bonchev–Trinajstić information content (AvgIpc) is 2.50. The number of hydrogen-bond donors (Lipinski definition) is 1. The second-order valence-electron chi connectivity index (χ2n) is 5.07. The zero-order chi connectivity index (χ0) is 15.8. The Hall–Kier alpha value is -1.91. The molecule has 5 nitrogen and oxygen atoms in total. The number of rotatable bonds is 8. The van der Waals surface area contributed by atoms with Gasteiger partial charge in [-0.15, -0.1) is 0 Å². The lowest BCUT2D eigenvalue weighted by Crippen LogP contribution is -2.27. The summed E-state index contributed by atoms with van der Waals surface area (Å²) in [7, 11) is 5.01. The van der Waals surface area contributed by atoms with Crippen LogP contribution in [0.3, 0.4) is 0 Å². The molecule has 2 N–H and O–H groups in total. The van der Waals surface area contributed by atoms with Crippen LogP contribution in [-0.4, -0.2) is 38.6 Å². The largest absolute Gasteiger partial charge is 0.496 e. The quantitative estimate of drug-likeness (QED) is 0.748. The van der Waals surface area contributed by atoms with Gasteiger partial charge in [-0.25, -0.2) is 0 Å². The summed E-state index contributed by atoms with van der Waals surface area (Å²) in [6.07, 6.45) is 3.16. The summed E-state index contributed by atoms with van der Waals surface area (Å²) in [6.45, 7) is 2.92. The molecule has 0 unspecified atom stereocenters. The Morgan fingerprint density at radius 1 is 1.24 bits per heavy atom. The number of nitrogens with zero attached hydrogens (tertiary/aromatic N) is 1. The molecule has 21 heavy (non-hydrogen) atoms. The zero-order valence-electron chi connectivity index (χ0n) is 13.4. The zero-order valence-corrected chi connectivity index (χ0v) is 13.4. The van der Waals surface area contributed by atoms with Crippen LogP contribution in [0.5, 0.6) is 11.5 Å². The van der Waals surface area contributed by atoms with Gasteiger partial charge in [0.15, 0.2) is 0 Å². The minimum atomic E-state index is 0.139. The molecule has 0 fully saturated rings. The number of unbranched alkanes of at least 4 members (excludes halogenated alkanes) is 1. The van der Waals surface area contributed by atoms with E-state index in [1.54, 1.807) is 25.2 Å². The predicted molar refractivity (Wildman–Crippen MR) is 84.8 cm³/mol. The van der Waals surface area contributed by atoms with Crippen molar-refractivity contribution in [2.24, 2.45) is 0 Å². The number of anilines is 1. The lowest BCUT2D eigenvalue weighted by molar-refractivity contribution is -0.129. The third-order valence-corrected chi connectivity index (χ3v) is 3.51. The van der Waals surface area contributed by atoms with E-state index in [2.05, 4.69) is 6.92 Å². The van der Waals surface area contributed by atoms with Crippen molar-refractivity contribution in [1.29, 1.82) is 0 Å². The van der Waals surface area contributed by atoms with Crippen LogP contribution in [0.15, 0.2) is 12.1 Å². The third kappa shape index (κ3) is 4.85. The van der Waals surface area contributed by atoms with Gasteiger partial charge in [-0.2, -0.15) is 0 Å². The monoisotopic (exact) mass is 294 g/mol. The number of benzene rings is 1. The molecular formula is C16H26N2O3. The Morgan fingerprint density at radius 2 is 1.90 bits per heavy atom. The molecule has 0 radical (unpaired) electrons. The number of methoxy groups -OCH3 is 2. The topological polar surface area (TPSA) is 64.8 Å². The number of nitrogen functional groups attached to an aromatic ring is 1. The predicted octanol–water partition coefficient (Wildman–Crippen LogP) is 2.48. The van der Waals surface area contributed by atoms with Gasteiger partial charge in [0.2, 0.25) is 5.91 Å². The highest BCUT2D eigenvalue weighted by molar-refractivity contribution is 5.76. The summed E-state index contributed by atoms with van der Waals surface area (Å²) in [5.41, 5.74) is 7.39. The molecule has 1 aromatic carbocycles. The average molecular weight is 294 g/mol. The van der Waals surface area contributed by atoms with Crippen molar-refractivity contribution >= 4 is 11.6 Å². The van der Waals surface area contributed by atoms with E-state index >= 15 is 0 Å². The summed E-state index contributed by atoms with van der Waals surface area (Å²) in [5, 5.41) is 0. The maximum Gasteiger partial charge on any atom is 0.222 e. The first-order chi connectivity index (χ1) is 10.0. The summed E-state index contributed by atoms with van der Waals surface area (Å²) >= 11 is 0. The molecule has 0 aliphatic heterocycles. The molecule has 0 aliphatic rings. The van der Waals surface area contributed by atoms with Crippen LogP contribution >= 0.6 is 0 Å². The van der Waals surface area contributed by atoms with Gasteiger partial charge in [0.25, 0.3) is 0 Å². The Kier molecular flexibility index (Phi) is 6.85. The minimum absolute atomic E-state index is 0.139. The molecule has 5 heteroatoms. The second-order valence-corrected chi connectivity index (χ2v) is 5.07. The molecule has 0 aliphatic carbocycles. The lowest BCUT2D eigenvalue weighted by atomic mass is 10.1. The van der Waals surface area contributed by atoms with Gasteiger partial charge in [-0.1, -0.05) is 13.3 Å². The fourth-order valence-corrected chi connectivity index (χ4v) is 2.14. The maximum atomic E-state index is 12.1. The van der Waals surface area contributed by atoms with E-state index in [1.807, 2.05) is 13.1 Å². The first kappa shape index (κ1) is 17.1. The van der Waals surface area contributed by atoms with Crippen LogP contribution in [-0.2, 0) is 11.2 Å². The molecule has 0 bridgehead atoms. The standard InChI is InChI=1S/C16H26N2O3/c1-5-6-9-18(2)16(19)8-7-12-10-13(17)15(21-4)11-14(12)20-3/h10-11H,5-9,17H2,1-4H3. The molecule has 0 saturated heterocycles. The van der Waals surface area contributed by atoms with Crippen molar-refractivity contribution in [1.82, 2.24) is 4.90 Å². The minimum Gasteiger partial charge on any atom is -0.496 e. The first-order valence-electron chi connectivity index (χ1n) is 7.27. The van der Waals surface area contributed by atoms with Crippen LogP contribution in [0.2, 0.25) is 0 Å². The van der Waals surface area contributed by atoms with Crippen LogP contribution < -0.4 is 15.2 Å². The third-order valence-electron chi connectivity index (χ3n) is 3.51. The van der Waals surface area contributed by atoms with E-state index < -0.39 is 0 Å². The fraction of sp³-hybridized carbons (Fsp3) is 0.562. The summed E-state index contributed by atoms with van der Waals surface area (Å²) < 4.78 is 10.5. The van der Waals surface area contributed by atoms with E-state index in [4.69, 9.17) is 15.2 Å². The lowest BCUT2D eigenvalue weighted by Gasteiger charge is -2.17. The van der Waals surface area contributed by atoms with Gasteiger partial charge in [-0.05, 0) is 24.5 Å². The second kappa shape index (κ2) is 8.39. The molecule has 1 amide bonds. The van der Waals surface area contributed by atoms with Crippen molar-refractivity contribution in [3.05, 3.63) is 17.7 Å². The molecule has 1 aromatic rings. The molecule has 0 aromatic heterocycles. The highest BCUT2D eigenvalue weighted by Crippen LogP contribution is 2.31. The van der Waals surface area contributed by atoms with Crippen molar-refractivity contribution in [2.75, 3.05) is 33.5 Å². The van der Waals surface area contributed by atoms with E-state index in [0.717, 1.165) is 24.9 Å². The van der Waals surface area contributed by atoms with Gasteiger partial charge in [0, 0.05) is 26.1 Å². The molecule has 0 atom stereocenters. The first-order valence-corrected chi connectivity index (χ1v) is 7.27. The van der Waals surface area contributed by atoms with E-state index in [-0.39, 0.29) is 5.91 Å². The number of carbonyl (C=O) groups excluding carboxylic acids is 1. The van der Waals surface area contributed by atoms with Crippen molar-refractivity contribution in [3.8, 4) is 11.5 Å². The summed E-state index contributed by atoms with van der Waals surface area (Å²) in [6, 6.07) is 3.58. The number of hydrogen-bond acceptors (Lipinski definition) is 4. The Balaban J connectivity index is 2.70. The molecule has 0 spiro atoms. The van der Waals surface area contributed by atoms with Gasteiger partial charge in [0.1, 0.15) is 11.5 Å². The molecule has 118 valence electrons. The molecule has 0 saturated carbocycles. The number of ether oxygens (including phenoxy) is 2. The smallest absolute Gasteiger partial charge is 0.222 e. The van der Waals surface area contributed by atoms with Crippen molar-refractivity contribution in [3.63, 3.8) is 0 Å². The molecule has 0 heterocycles. The van der Waals surface area contributed by atoms with Crippen molar-refractivity contribution < 1.29 is 14.3 Å².